The molecule has 0 atom stereocenters. The number of rotatable bonds is 0. The summed E-state index contributed by atoms with van der Waals surface area (Å²) in [4.78, 5) is 13.7. The van der Waals surface area contributed by atoms with Crippen molar-refractivity contribution in [3.8, 4) is 0 Å². The van der Waals surface area contributed by atoms with Gasteiger partial charge >= 0.3 is 5.97 Å². The number of nitrogens with zero attached hydrogens (tertiary/aromatic N) is 1. The van der Waals surface area contributed by atoms with Crippen LogP contribution in [0.3, 0.4) is 0 Å². The smallest absolute Gasteiger partial charge is 0.314 e. The number of cyclic esters (lactones) is 1. The first-order valence-corrected chi connectivity index (χ1v) is 3.59. The number of aromatic nitrogens is 1. The van der Waals surface area contributed by atoms with Gasteiger partial charge in [0, 0.05) is 12.4 Å². The number of carbonyl (C=O) groups excluding carboxylic acids is 1. The largest absolute Gasteiger partial charge is 0.435 e. The highest BCUT2D eigenvalue weighted by molar-refractivity contribution is 5.73. The summed E-state index contributed by atoms with van der Waals surface area (Å²) in [5.74, 6) is -0.157. The molecule has 2 heterocycles. The van der Waals surface area contributed by atoms with E-state index < -0.39 is 0 Å². The monoisotopic (exact) mass is 163 g/mol. The standard InChI is InChI=1S/C5H5N.C4H4O2/c1-2-4-6-5-3-1;5-4-2-1-3-6-4/h1-5H;1,3H,2H2. The molecule has 62 valence electrons. The topological polar surface area (TPSA) is 39.2 Å². The summed E-state index contributed by atoms with van der Waals surface area (Å²) in [6, 6.07) is 5.72. The lowest BCUT2D eigenvalue weighted by molar-refractivity contribution is -0.135. The lowest BCUT2D eigenvalue weighted by atomic mass is 10.5. The van der Waals surface area contributed by atoms with Crippen molar-refractivity contribution in [2.45, 2.75) is 6.42 Å². The van der Waals surface area contributed by atoms with Gasteiger partial charge in [0.05, 0.1) is 12.7 Å². The van der Waals surface area contributed by atoms with Crippen molar-refractivity contribution in [1.82, 2.24) is 4.98 Å². The van der Waals surface area contributed by atoms with Crippen LogP contribution in [0.1, 0.15) is 6.42 Å². The molecule has 0 spiro atoms. The van der Waals surface area contributed by atoms with Crippen LogP contribution in [-0.4, -0.2) is 11.0 Å². The van der Waals surface area contributed by atoms with Gasteiger partial charge in [-0.15, -0.1) is 0 Å². The minimum atomic E-state index is -0.157. The number of carbonyl (C=O) groups is 1. The van der Waals surface area contributed by atoms with E-state index in [2.05, 4.69) is 9.72 Å². The van der Waals surface area contributed by atoms with Crippen LogP contribution >= 0.6 is 0 Å². The van der Waals surface area contributed by atoms with E-state index in [0.29, 0.717) is 6.42 Å². The molecule has 0 unspecified atom stereocenters. The fourth-order valence-electron chi connectivity index (χ4n) is 0.629. The van der Waals surface area contributed by atoms with Crippen molar-refractivity contribution in [3.63, 3.8) is 0 Å². The van der Waals surface area contributed by atoms with Gasteiger partial charge in [-0.25, -0.2) is 0 Å². The van der Waals surface area contributed by atoms with E-state index in [1.165, 1.54) is 6.26 Å². The first-order valence-electron chi connectivity index (χ1n) is 3.59. The molecule has 3 heteroatoms. The van der Waals surface area contributed by atoms with Crippen molar-refractivity contribution in [2.75, 3.05) is 0 Å². The number of esters is 1. The van der Waals surface area contributed by atoms with E-state index in [9.17, 15) is 4.79 Å². The van der Waals surface area contributed by atoms with Crippen LogP contribution in [0.4, 0.5) is 0 Å². The number of hydrogen-bond acceptors (Lipinski definition) is 3. The lowest BCUT2D eigenvalue weighted by Crippen LogP contribution is -1.87. The fourth-order valence-corrected chi connectivity index (χ4v) is 0.629. The Labute approximate surface area is 70.7 Å². The van der Waals surface area contributed by atoms with Gasteiger partial charge in [-0.1, -0.05) is 6.07 Å². The molecule has 3 nitrogen and oxygen atoms in total. The minimum absolute atomic E-state index is 0.157. The van der Waals surface area contributed by atoms with Crippen molar-refractivity contribution in [1.29, 1.82) is 0 Å². The first kappa shape index (κ1) is 8.46. The van der Waals surface area contributed by atoms with Gasteiger partial charge in [-0.05, 0) is 18.2 Å². The molecule has 1 aliphatic rings. The molecule has 12 heavy (non-hydrogen) atoms. The molecule has 1 aromatic heterocycles. The van der Waals surface area contributed by atoms with Crippen LogP contribution in [-0.2, 0) is 9.53 Å². The summed E-state index contributed by atoms with van der Waals surface area (Å²) in [6.45, 7) is 0. The summed E-state index contributed by atoms with van der Waals surface area (Å²) >= 11 is 0. The quantitative estimate of drug-likeness (QED) is 0.544. The molecule has 0 N–H and O–H groups in total. The molecule has 0 aromatic carbocycles. The maximum atomic E-state index is 9.96. The Balaban J connectivity index is 0.000000120. The Morgan fingerprint density at radius 3 is 2.17 bits per heavy atom. The van der Waals surface area contributed by atoms with Gasteiger partial charge in [0.15, 0.2) is 0 Å². The average molecular weight is 163 g/mol. The molecular formula is C9H9NO2. The molecule has 2 rings (SSSR count). The Bertz CT molecular complexity index is 220. The third-order valence-corrected chi connectivity index (χ3v) is 1.15. The molecule has 0 amide bonds. The van der Waals surface area contributed by atoms with Crippen molar-refractivity contribution in [2.24, 2.45) is 0 Å². The lowest BCUT2D eigenvalue weighted by Gasteiger charge is -1.78. The normalized spacial score (nSPS) is 13.2. The highest BCUT2D eigenvalue weighted by atomic mass is 16.5. The van der Waals surface area contributed by atoms with E-state index in [1.54, 1.807) is 18.5 Å². The summed E-state index contributed by atoms with van der Waals surface area (Å²) in [5.41, 5.74) is 0. The Hall–Kier alpha value is -1.64. The minimum Gasteiger partial charge on any atom is -0.435 e. The molecule has 0 fully saturated rings. The third kappa shape index (κ3) is 3.51. The summed E-state index contributed by atoms with van der Waals surface area (Å²) < 4.78 is 4.33. The zero-order valence-electron chi connectivity index (χ0n) is 6.51. The molecule has 0 saturated carbocycles. The summed E-state index contributed by atoms with van der Waals surface area (Å²) in [6.07, 6.45) is 7.03. The van der Waals surface area contributed by atoms with Gasteiger partial charge in [0.1, 0.15) is 0 Å². The predicted molar refractivity (Wildman–Crippen MR) is 44.1 cm³/mol. The maximum Gasteiger partial charge on any atom is 0.314 e. The second-order valence-corrected chi connectivity index (χ2v) is 2.09. The van der Waals surface area contributed by atoms with Crippen LogP contribution in [0.15, 0.2) is 42.9 Å². The molecule has 0 saturated heterocycles. The molecule has 0 radical (unpaired) electrons. The molecular weight excluding hydrogens is 154 g/mol. The van der Waals surface area contributed by atoms with Crippen LogP contribution in [0.5, 0.6) is 0 Å². The van der Waals surface area contributed by atoms with Gasteiger partial charge < -0.3 is 4.74 Å². The number of ether oxygens (including phenoxy) is 1. The van der Waals surface area contributed by atoms with Crippen molar-refractivity contribution < 1.29 is 9.53 Å². The first-order chi connectivity index (χ1) is 5.89. The van der Waals surface area contributed by atoms with E-state index in [4.69, 9.17) is 0 Å². The van der Waals surface area contributed by atoms with E-state index in [1.807, 2.05) is 18.2 Å². The van der Waals surface area contributed by atoms with Crippen molar-refractivity contribution in [3.05, 3.63) is 42.9 Å². The van der Waals surface area contributed by atoms with Crippen LogP contribution in [0, 0.1) is 0 Å². The van der Waals surface area contributed by atoms with Gasteiger partial charge in [-0.2, -0.15) is 0 Å². The highest BCUT2D eigenvalue weighted by Gasteiger charge is 2.00. The average Bonchev–Trinajstić information content (AvgIpc) is 2.60. The Kier molecular flexibility index (Phi) is 3.57. The van der Waals surface area contributed by atoms with Crippen LogP contribution in [0.25, 0.3) is 0 Å². The fraction of sp³-hybridized carbons (Fsp3) is 0.111. The highest BCUT2D eigenvalue weighted by Crippen LogP contribution is 1.96. The zero-order valence-corrected chi connectivity index (χ0v) is 6.51. The van der Waals surface area contributed by atoms with E-state index in [0.717, 1.165) is 0 Å². The van der Waals surface area contributed by atoms with Gasteiger partial charge in [0.2, 0.25) is 0 Å². The van der Waals surface area contributed by atoms with Crippen LogP contribution < -0.4 is 0 Å². The Morgan fingerprint density at radius 1 is 1.25 bits per heavy atom. The number of hydrogen-bond donors (Lipinski definition) is 0. The summed E-state index contributed by atoms with van der Waals surface area (Å²) in [7, 11) is 0. The number of pyridine rings is 1. The zero-order chi connectivity index (χ0) is 8.65. The second kappa shape index (κ2) is 5.07. The van der Waals surface area contributed by atoms with E-state index in [-0.39, 0.29) is 5.97 Å². The van der Waals surface area contributed by atoms with Gasteiger partial charge in [-0.3, -0.25) is 9.78 Å². The SMILES string of the molecule is O=C1CC=CO1.c1ccncc1. The molecule has 1 aromatic rings. The predicted octanol–water partition coefficient (Wildman–Crippen LogP) is 1.53. The molecule has 0 aliphatic carbocycles. The second-order valence-electron chi connectivity index (χ2n) is 2.09. The Morgan fingerprint density at radius 2 is 2.00 bits per heavy atom. The van der Waals surface area contributed by atoms with Crippen molar-refractivity contribution >= 4 is 5.97 Å². The third-order valence-electron chi connectivity index (χ3n) is 1.15. The van der Waals surface area contributed by atoms with Crippen LogP contribution in [0.2, 0.25) is 0 Å². The maximum absolute atomic E-state index is 9.96. The molecule has 0 bridgehead atoms. The summed E-state index contributed by atoms with van der Waals surface area (Å²) in [5, 5.41) is 0. The van der Waals surface area contributed by atoms with E-state index >= 15 is 0 Å². The van der Waals surface area contributed by atoms with Gasteiger partial charge in [0.25, 0.3) is 0 Å². The molecule has 1 aliphatic heterocycles.